The van der Waals surface area contributed by atoms with Crippen LogP contribution in [0.15, 0.2) is 29.8 Å². The lowest BCUT2D eigenvalue weighted by atomic mass is 9.89. The molecule has 1 heterocycles. The minimum Gasteiger partial charge on any atom is -0.478 e. The van der Waals surface area contributed by atoms with Gasteiger partial charge in [0, 0.05) is 11.1 Å². The average Bonchev–Trinajstić information content (AvgIpc) is 3.00. The fraction of sp³-hybridized carbons (Fsp3) is 0.250. The second-order valence-electron chi connectivity index (χ2n) is 5.27. The van der Waals surface area contributed by atoms with Crippen LogP contribution in [-0.4, -0.2) is 21.3 Å². The van der Waals surface area contributed by atoms with E-state index < -0.39 is 5.97 Å². The Bertz CT molecular complexity index is 765. The highest BCUT2D eigenvalue weighted by Gasteiger charge is 2.21. The van der Waals surface area contributed by atoms with E-state index in [2.05, 4.69) is 10.2 Å². The van der Waals surface area contributed by atoms with Crippen LogP contribution in [0.5, 0.6) is 0 Å². The van der Waals surface area contributed by atoms with Crippen LogP contribution in [-0.2, 0) is 4.79 Å². The van der Waals surface area contributed by atoms with Crippen LogP contribution >= 0.6 is 23.2 Å². The number of allylic oxidation sites excluding steroid dienone is 1. The van der Waals surface area contributed by atoms with Gasteiger partial charge >= 0.3 is 5.97 Å². The average molecular weight is 337 g/mol. The molecule has 3 rings (SSSR count). The van der Waals surface area contributed by atoms with Crippen LogP contribution in [0.2, 0.25) is 10.0 Å². The topological polar surface area (TPSA) is 66.0 Å². The number of carboxylic acid groups (broad SMARTS) is 1. The van der Waals surface area contributed by atoms with Gasteiger partial charge in [-0.05, 0) is 49.5 Å². The Labute approximate surface area is 137 Å². The number of nitrogens with one attached hydrogen (secondary N) is 1. The maximum Gasteiger partial charge on any atom is 0.331 e. The van der Waals surface area contributed by atoms with Gasteiger partial charge in [0.05, 0.1) is 21.4 Å². The number of carboxylic acids is 1. The van der Waals surface area contributed by atoms with Crippen molar-refractivity contribution in [3.8, 4) is 11.3 Å². The zero-order valence-electron chi connectivity index (χ0n) is 11.7. The molecule has 2 N–H and O–H groups in total. The third kappa shape index (κ3) is 2.89. The summed E-state index contributed by atoms with van der Waals surface area (Å²) in [5.41, 5.74) is 3.65. The second-order valence-corrected chi connectivity index (χ2v) is 6.08. The smallest absolute Gasteiger partial charge is 0.331 e. The third-order valence-electron chi connectivity index (χ3n) is 3.84. The Morgan fingerprint density at radius 2 is 1.91 bits per heavy atom. The number of hydrogen-bond acceptors (Lipinski definition) is 2. The van der Waals surface area contributed by atoms with Crippen molar-refractivity contribution < 1.29 is 9.90 Å². The first-order valence-corrected chi connectivity index (χ1v) is 7.78. The number of nitrogens with zero attached hydrogens (tertiary/aromatic N) is 1. The van der Waals surface area contributed by atoms with E-state index in [0.29, 0.717) is 22.0 Å². The summed E-state index contributed by atoms with van der Waals surface area (Å²) in [7, 11) is 0. The number of carbonyl (C=O) groups is 1. The highest BCUT2D eigenvalue weighted by Crippen LogP contribution is 2.34. The molecular formula is C16H14Cl2N2O2. The Morgan fingerprint density at radius 3 is 2.64 bits per heavy atom. The van der Waals surface area contributed by atoms with Gasteiger partial charge in [0.25, 0.3) is 0 Å². The lowest BCUT2D eigenvalue weighted by Gasteiger charge is -2.16. The fourth-order valence-corrected chi connectivity index (χ4v) is 3.02. The van der Waals surface area contributed by atoms with Crippen LogP contribution in [0.3, 0.4) is 0 Å². The lowest BCUT2D eigenvalue weighted by molar-refractivity contribution is -0.132. The van der Waals surface area contributed by atoms with Crippen molar-refractivity contribution in [3.63, 3.8) is 0 Å². The maximum atomic E-state index is 11.4. The largest absolute Gasteiger partial charge is 0.478 e. The van der Waals surface area contributed by atoms with Gasteiger partial charge in [-0.1, -0.05) is 29.3 Å². The molecule has 1 aliphatic carbocycles. The molecule has 1 aliphatic rings. The van der Waals surface area contributed by atoms with Gasteiger partial charge < -0.3 is 5.11 Å². The van der Waals surface area contributed by atoms with Gasteiger partial charge in [0.1, 0.15) is 0 Å². The second kappa shape index (κ2) is 6.15. The first-order valence-electron chi connectivity index (χ1n) is 7.03. The third-order valence-corrected chi connectivity index (χ3v) is 4.58. The van der Waals surface area contributed by atoms with Crippen molar-refractivity contribution >= 4 is 34.7 Å². The van der Waals surface area contributed by atoms with E-state index in [0.717, 1.165) is 41.8 Å². The predicted molar refractivity (Wildman–Crippen MR) is 87.1 cm³/mol. The number of aliphatic carboxylic acids is 1. The van der Waals surface area contributed by atoms with Gasteiger partial charge in [-0.15, -0.1) is 0 Å². The highest BCUT2D eigenvalue weighted by atomic mass is 35.5. The van der Waals surface area contributed by atoms with Crippen molar-refractivity contribution in [2.24, 2.45) is 0 Å². The molecule has 0 saturated carbocycles. The molecule has 6 heteroatoms. The Balaban J connectivity index is 1.99. The normalized spacial score (nSPS) is 15.2. The van der Waals surface area contributed by atoms with Crippen LogP contribution < -0.4 is 0 Å². The fourth-order valence-electron chi connectivity index (χ4n) is 2.72. The quantitative estimate of drug-likeness (QED) is 0.846. The molecule has 2 aromatic rings. The predicted octanol–water partition coefficient (Wildman–Crippen LogP) is 4.80. The van der Waals surface area contributed by atoms with Gasteiger partial charge in [-0.2, -0.15) is 5.10 Å². The molecule has 0 radical (unpaired) electrons. The van der Waals surface area contributed by atoms with E-state index >= 15 is 0 Å². The van der Waals surface area contributed by atoms with Gasteiger partial charge in [-0.25, -0.2) is 4.79 Å². The van der Waals surface area contributed by atoms with E-state index in [-0.39, 0.29) is 0 Å². The lowest BCUT2D eigenvalue weighted by Crippen LogP contribution is -2.08. The maximum absolute atomic E-state index is 11.4. The molecule has 22 heavy (non-hydrogen) atoms. The van der Waals surface area contributed by atoms with Crippen molar-refractivity contribution in [3.05, 3.63) is 45.6 Å². The van der Waals surface area contributed by atoms with Crippen LogP contribution in [0.4, 0.5) is 0 Å². The molecule has 0 fully saturated rings. The molecule has 1 aromatic carbocycles. The number of aromatic nitrogens is 2. The standard InChI is InChI=1S/C16H14Cl2N2O2/c17-12-6-5-9(7-13(12)18)14-8-15(20-19-14)10-3-1-2-4-11(10)16(21)22/h5-8H,1-4H2,(H,19,20)(H,21,22). The van der Waals surface area contributed by atoms with E-state index in [4.69, 9.17) is 23.2 Å². The SMILES string of the molecule is O=C(O)C1=C(c2cc(-c3ccc(Cl)c(Cl)c3)n[nH]2)CCCC1. The summed E-state index contributed by atoms with van der Waals surface area (Å²) in [6, 6.07) is 7.16. The molecule has 4 nitrogen and oxygen atoms in total. The molecule has 0 bridgehead atoms. The molecule has 0 amide bonds. The Kier molecular flexibility index (Phi) is 4.23. The van der Waals surface area contributed by atoms with Crippen LogP contribution in [0.1, 0.15) is 31.4 Å². The molecule has 0 atom stereocenters. The first-order chi connectivity index (χ1) is 10.6. The molecule has 0 saturated heterocycles. The highest BCUT2D eigenvalue weighted by molar-refractivity contribution is 6.42. The van der Waals surface area contributed by atoms with Gasteiger partial charge in [0.2, 0.25) is 0 Å². The summed E-state index contributed by atoms with van der Waals surface area (Å²) >= 11 is 11.9. The summed E-state index contributed by atoms with van der Waals surface area (Å²) in [5.74, 6) is -0.847. The van der Waals surface area contributed by atoms with Crippen molar-refractivity contribution in [1.82, 2.24) is 10.2 Å². The number of benzene rings is 1. The monoisotopic (exact) mass is 336 g/mol. The van der Waals surface area contributed by atoms with E-state index in [9.17, 15) is 9.90 Å². The number of halogens is 2. The minimum absolute atomic E-state index is 0.465. The summed E-state index contributed by atoms with van der Waals surface area (Å²) in [6.07, 6.45) is 3.27. The zero-order valence-corrected chi connectivity index (χ0v) is 13.2. The van der Waals surface area contributed by atoms with Gasteiger partial charge in [0.15, 0.2) is 0 Å². The molecule has 114 valence electrons. The van der Waals surface area contributed by atoms with Crippen molar-refractivity contribution in [2.45, 2.75) is 25.7 Å². The number of H-pyrrole nitrogens is 1. The van der Waals surface area contributed by atoms with E-state index in [1.807, 2.05) is 12.1 Å². The number of aromatic amines is 1. The minimum atomic E-state index is -0.847. The van der Waals surface area contributed by atoms with E-state index in [1.54, 1.807) is 12.1 Å². The summed E-state index contributed by atoms with van der Waals surface area (Å²) < 4.78 is 0. The molecule has 0 spiro atoms. The van der Waals surface area contributed by atoms with Crippen LogP contribution in [0.25, 0.3) is 16.8 Å². The summed E-state index contributed by atoms with van der Waals surface area (Å²) in [6.45, 7) is 0. The molecule has 1 aromatic heterocycles. The number of rotatable bonds is 3. The van der Waals surface area contributed by atoms with E-state index in [1.165, 1.54) is 0 Å². The van der Waals surface area contributed by atoms with Gasteiger partial charge in [-0.3, -0.25) is 5.10 Å². The zero-order chi connectivity index (χ0) is 15.7. The number of hydrogen-bond donors (Lipinski definition) is 2. The molecule has 0 aliphatic heterocycles. The summed E-state index contributed by atoms with van der Waals surface area (Å²) in [5, 5.41) is 17.5. The van der Waals surface area contributed by atoms with Crippen molar-refractivity contribution in [1.29, 1.82) is 0 Å². The first kappa shape index (κ1) is 15.1. The molecular weight excluding hydrogens is 323 g/mol. The van der Waals surface area contributed by atoms with Crippen LogP contribution in [0, 0.1) is 0 Å². The van der Waals surface area contributed by atoms with Crippen molar-refractivity contribution in [2.75, 3.05) is 0 Å². The summed E-state index contributed by atoms with van der Waals surface area (Å²) in [4.78, 5) is 11.4. The molecule has 0 unspecified atom stereocenters. The Morgan fingerprint density at radius 1 is 1.14 bits per heavy atom. The Hall–Kier alpha value is -1.78.